The third-order valence-electron chi connectivity index (χ3n) is 4.70. The third kappa shape index (κ3) is 3.28. The maximum atomic E-state index is 13.1. The number of carbonyl (C=O) groups excluding carboxylic acids is 1. The van der Waals surface area contributed by atoms with Crippen LogP contribution in [0.4, 0.5) is 10.1 Å². The molecule has 8 heteroatoms. The highest BCUT2D eigenvalue weighted by molar-refractivity contribution is 5.96. The van der Waals surface area contributed by atoms with Gasteiger partial charge < -0.3 is 18.9 Å². The number of rotatable bonds is 5. The molecule has 2 aromatic carbocycles. The summed E-state index contributed by atoms with van der Waals surface area (Å²) in [6, 6.07) is 11.1. The molecule has 1 fully saturated rings. The molecule has 1 aliphatic rings. The molecule has 0 saturated carbocycles. The SMILES string of the molecule is COc1ccc(-c2noc(C3CC(=O)N(c4ccc(F)cc4)C3)n2)c(OC)c1. The molecule has 0 N–H and O–H groups in total. The first kappa shape index (κ1) is 18.0. The number of anilines is 1. The molecule has 1 aliphatic heterocycles. The Balaban J connectivity index is 1.57. The highest BCUT2D eigenvalue weighted by Crippen LogP contribution is 2.35. The van der Waals surface area contributed by atoms with E-state index < -0.39 is 0 Å². The molecule has 3 aromatic rings. The van der Waals surface area contributed by atoms with E-state index in [1.54, 1.807) is 49.5 Å². The van der Waals surface area contributed by atoms with E-state index in [1.165, 1.54) is 12.1 Å². The monoisotopic (exact) mass is 383 g/mol. The molecule has 1 unspecified atom stereocenters. The largest absolute Gasteiger partial charge is 0.497 e. The number of hydrogen-bond acceptors (Lipinski definition) is 6. The van der Waals surface area contributed by atoms with E-state index in [-0.39, 0.29) is 24.1 Å². The lowest BCUT2D eigenvalue weighted by Crippen LogP contribution is -2.24. The van der Waals surface area contributed by atoms with Crippen LogP contribution in [-0.4, -0.2) is 36.8 Å². The summed E-state index contributed by atoms with van der Waals surface area (Å²) in [4.78, 5) is 18.5. The zero-order valence-corrected chi connectivity index (χ0v) is 15.4. The zero-order chi connectivity index (χ0) is 19.7. The minimum atomic E-state index is -0.345. The standard InChI is InChI=1S/C20H18FN3O4/c1-26-15-7-8-16(17(10-15)27-2)19-22-20(28-23-19)12-9-18(25)24(11-12)14-5-3-13(21)4-6-14/h3-8,10,12H,9,11H2,1-2H3. The normalized spacial score (nSPS) is 16.5. The van der Waals surface area contributed by atoms with Crippen LogP contribution in [0.5, 0.6) is 11.5 Å². The number of methoxy groups -OCH3 is 2. The fourth-order valence-corrected chi connectivity index (χ4v) is 3.24. The first-order valence-corrected chi connectivity index (χ1v) is 8.71. The molecule has 1 saturated heterocycles. The van der Waals surface area contributed by atoms with Crippen molar-refractivity contribution in [1.82, 2.24) is 10.1 Å². The van der Waals surface area contributed by atoms with Gasteiger partial charge in [0.1, 0.15) is 17.3 Å². The van der Waals surface area contributed by atoms with Gasteiger partial charge in [-0.25, -0.2) is 4.39 Å². The second kappa shape index (κ2) is 7.30. The van der Waals surface area contributed by atoms with Gasteiger partial charge in [0.05, 0.1) is 25.7 Å². The molecule has 0 radical (unpaired) electrons. The second-order valence-electron chi connectivity index (χ2n) is 6.40. The number of hydrogen-bond donors (Lipinski definition) is 0. The summed E-state index contributed by atoms with van der Waals surface area (Å²) in [6.07, 6.45) is 0.249. The lowest BCUT2D eigenvalue weighted by Gasteiger charge is -2.15. The molecule has 0 spiro atoms. The van der Waals surface area contributed by atoms with Gasteiger partial charge in [0.15, 0.2) is 0 Å². The highest BCUT2D eigenvalue weighted by Gasteiger charge is 2.35. The Bertz CT molecular complexity index is 1000. The van der Waals surface area contributed by atoms with E-state index in [0.717, 1.165) is 0 Å². The van der Waals surface area contributed by atoms with E-state index in [9.17, 15) is 9.18 Å². The predicted octanol–water partition coefficient (Wildman–Crippen LogP) is 3.41. The molecule has 144 valence electrons. The summed E-state index contributed by atoms with van der Waals surface area (Å²) in [6.45, 7) is 0.395. The van der Waals surface area contributed by atoms with Crippen LogP contribution in [0.25, 0.3) is 11.4 Å². The van der Waals surface area contributed by atoms with Gasteiger partial charge in [-0.2, -0.15) is 4.98 Å². The Kier molecular flexibility index (Phi) is 4.68. The van der Waals surface area contributed by atoms with Crippen molar-refractivity contribution in [1.29, 1.82) is 0 Å². The smallest absolute Gasteiger partial charge is 0.232 e. The molecular formula is C20H18FN3O4. The number of benzene rings is 2. The molecule has 7 nitrogen and oxygen atoms in total. The summed E-state index contributed by atoms with van der Waals surface area (Å²) in [7, 11) is 3.13. The van der Waals surface area contributed by atoms with Gasteiger partial charge in [0, 0.05) is 24.7 Å². The van der Waals surface area contributed by atoms with E-state index >= 15 is 0 Å². The van der Waals surface area contributed by atoms with Gasteiger partial charge in [-0.05, 0) is 36.4 Å². The van der Waals surface area contributed by atoms with Crippen LogP contribution < -0.4 is 14.4 Å². The quantitative estimate of drug-likeness (QED) is 0.672. The van der Waals surface area contributed by atoms with Crippen molar-refractivity contribution < 1.29 is 23.2 Å². The molecule has 4 rings (SSSR count). The van der Waals surface area contributed by atoms with Gasteiger partial charge in [0.2, 0.25) is 17.6 Å². The first-order valence-electron chi connectivity index (χ1n) is 8.71. The first-order chi connectivity index (χ1) is 13.6. The van der Waals surface area contributed by atoms with Gasteiger partial charge in [-0.3, -0.25) is 4.79 Å². The highest BCUT2D eigenvalue weighted by atomic mass is 19.1. The minimum Gasteiger partial charge on any atom is -0.497 e. The van der Waals surface area contributed by atoms with Gasteiger partial charge in [-0.15, -0.1) is 0 Å². The molecule has 1 aromatic heterocycles. The Labute approximate surface area is 160 Å². The average Bonchev–Trinajstić information content (AvgIpc) is 3.35. The third-order valence-corrected chi connectivity index (χ3v) is 4.70. The van der Waals surface area contributed by atoms with Crippen LogP contribution in [-0.2, 0) is 4.79 Å². The van der Waals surface area contributed by atoms with Crippen LogP contribution >= 0.6 is 0 Å². The van der Waals surface area contributed by atoms with Gasteiger partial charge in [0.25, 0.3) is 0 Å². The summed E-state index contributed by atoms with van der Waals surface area (Å²) in [5.41, 5.74) is 1.31. The number of carbonyl (C=O) groups is 1. The maximum absolute atomic E-state index is 13.1. The van der Waals surface area contributed by atoms with E-state index in [1.807, 2.05) is 0 Å². The van der Waals surface area contributed by atoms with Crippen LogP contribution in [0, 0.1) is 5.82 Å². The fraction of sp³-hybridized carbons (Fsp3) is 0.250. The van der Waals surface area contributed by atoms with Crippen molar-refractivity contribution in [3.63, 3.8) is 0 Å². The Morgan fingerprint density at radius 3 is 2.64 bits per heavy atom. The zero-order valence-electron chi connectivity index (χ0n) is 15.4. The van der Waals surface area contributed by atoms with E-state index in [0.29, 0.717) is 41.0 Å². The molecule has 28 heavy (non-hydrogen) atoms. The van der Waals surface area contributed by atoms with Crippen LogP contribution in [0.2, 0.25) is 0 Å². The predicted molar refractivity (Wildman–Crippen MR) is 98.9 cm³/mol. The lowest BCUT2D eigenvalue weighted by molar-refractivity contribution is -0.117. The Morgan fingerprint density at radius 2 is 1.93 bits per heavy atom. The lowest BCUT2D eigenvalue weighted by atomic mass is 10.1. The van der Waals surface area contributed by atoms with Crippen molar-refractivity contribution in [3.8, 4) is 22.9 Å². The van der Waals surface area contributed by atoms with Crippen molar-refractivity contribution in [3.05, 3.63) is 54.2 Å². The average molecular weight is 383 g/mol. The number of aromatic nitrogens is 2. The maximum Gasteiger partial charge on any atom is 0.232 e. The molecule has 2 heterocycles. The number of amides is 1. The summed E-state index contributed by atoms with van der Waals surface area (Å²) in [5.74, 6) is 1.32. The van der Waals surface area contributed by atoms with Crippen molar-refractivity contribution in [2.45, 2.75) is 12.3 Å². The molecular weight excluding hydrogens is 365 g/mol. The van der Waals surface area contributed by atoms with Crippen molar-refractivity contribution in [2.75, 3.05) is 25.7 Å². The summed E-state index contributed by atoms with van der Waals surface area (Å²) >= 11 is 0. The minimum absolute atomic E-state index is 0.0709. The number of halogens is 1. The topological polar surface area (TPSA) is 77.7 Å². The summed E-state index contributed by atoms with van der Waals surface area (Å²) in [5, 5.41) is 4.04. The molecule has 1 atom stereocenters. The Morgan fingerprint density at radius 1 is 1.14 bits per heavy atom. The number of nitrogens with zero attached hydrogens (tertiary/aromatic N) is 3. The van der Waals surface area contributed by atoms with Crippen LogP contribution in [0.3, 0.4) is 0 Å². The van der Waals surface area contributed by atoms with Crippen LogP contribution in [0.1, 0.15) is 18.2 Å². The van der Waals surface area contributed by atoms with Crippen molar-refractivity contribution >= 4 is 11.6 Å². The summed E-state index contributed by atoms with van der Waals surface area (Å²) < 4.78 is 29.1. The van der Waals surface area contributed by atoms with Gasteiger partial charge in [-0.1, -0.05) is 5.16 Å². The molecule has 0 bridgehead atoms. The van der Waals surface area contributed by atoms with E-state index in [2.05, 4.69) is 10.1 Å². The molecule has 1 amide bonds. The van der Waals surface area contributed by atoms with E-state index in [4.69, 9.17) is 14.0 Å². The Hall–Kier alpha value is -3.42. The fourth-order valence-electron chi connectivity index (χ4n) is 3.24. The van der Waals surface area contributed by atoms with Crippen molar-refractivity contribution in [2.24, 2.45) is 0 Å². The van der Waals surface area contributed by atoms with Crippen LogP contribution in [0.15, 0.2) is 47.0 Å². The van der Waals surface area contributed by atoms with Gasteiger partial charge >= 0.3 is 0 Å². The molecule has 0 aliphatic carbocycles. The number of ether oxygens (including phenoxy) is 2. The second-order valence-corrected chi connectivity index (χ2v) is 6.40.